The molecule has 3 atom stereocenters. The van der Waals surface area contributed by atoms with Crippen LogP contribution in [0.4, 0.5) is 4.39 Å². The Hall–Kier alpha value is -3.15. The largest absolute Gasteiger partial charge is 0.490 e. The van der Waals surface area contributed by atoms with Crippen LogP contribution in [-0.4, -0.2) is 35.9 Å². The molecule has 0 unspecified atom stereocenters. The van der Waals surface area contributed by atoms with E-state index in [1.807, 2.05) is 25.1 Å². The molecule has 0 bridgehead atoms. The molecule has 0 saturated carbocycles. The normalized spacial score (nSPS) is 24.3. The van der Waals surface area contributed by atoms with E-state index in [1.54, 1.807) is 44.3 Å². The number of nitrogens with one attached hydrogen (secondary N) is 1. The summed E-state index contributed by atoms with van der Waals surface area (Å²) in [6.07, 6.45) is 5.06. The molecule has 3 rings (SSSR count). The lowest BCUT2D eigenvalue weighted by Gasteiger charge is -2.28. The van der Waals surface area contributed by atoms with Crippen molar-refractivity contribution < 1.29 is 18.7 Å². The number of nitrogens with zero attached hydrogens (tertiary/aromatic N) is 1. The predicted molar refractivity (Wildman–Crippen MR) is 114 cm³/mol. The highest BCUT2D eigenvalue weighted by Gasteiger charge is 2.27. The van der Waals surface area contributed by atoms with E-state index in [0.717, 1.165) is 5.56 Å². The van der Waals surface area contributed by atoms with Crippen LogP contribution in [0.15, 0.2) is 60.7 Å². The van der Waals surface area contributed by atoms with Gasteiger partial charge in [-0.25, -0.2) is 4.39 Å². The van der Waals surface area contributed by atoms with Gasteiger partial charge in [0.25, 0.3) is 5.91 Å². The van der Waals surface area contributed by atoms with Crippen molar-refractivity contribution in [3.05, 3.63) is 77.6 Å². The van der Waals surface area contributed by atoms with Crippen molar-refractivity contribution in [3.63, 3.8) is 0 Å². The van der Waals surface area contributed by atoms with Crippen molar-refractivity contribution in [1.82, 2.24) is 10.2 Å². The second kappa shape index (κ2) is 9.57. The van der Waals surface area contributed by atoms with Gasteiger partial charge in [-0.05, 0) is 50.1 Å². The van der Waals surface area contributed by atoms with Crippen LogP contribution >= 0.6 is 0 Å². The quantitative estimate of drug-likeness (QED) is 0.715. The van der Waals surface area contributed by atoms with Gasteiger partial charge in [0.2, 0.25) is 5.91 Å². The minimum absolute atomic E-state index is 0.125. The van der Waals surface area contributed by atoms with Gasteiger partial charge in [0.05, 0.1) is 17.7 Å². The van der Waals surface area contributed by atoms with E-state index < -0.39 is 6.04 Å². The summed E-state index contributed by atoms with van der Waals surface area (Å²) in [5.41, 5.74) is 1.22. The first kappa shape index (κ1) is 21.6. The summed E-state index contributed by atoms with van der Waals surface area (Å²) in [5.74, 6) is -0.391. The van der Waals surface area contributed by atoms with Gasteiger partial charge in [0, 0.05) is 13.5 Å². The zero-order valence-electron chi connectivity index (χ0n) is 17.5. The SMILES string of the molecule is C[C@H]1C/C=C/C[C@@H](c2ccc(F)cc2)NC(=O)[C@H](C)N(C)C(=O)c2ccccc2O1. The number of fused-ring (bicyclic) bond motifs is 1. The third-order valence-electron chi connectivity index (χ3n) is 5.32. The Labute approximate surface area is 176 Å². The highest BCUT2D eigenvalue weighted by Crippen LogP contribution is 2.24. The van der Waals surface area contributed by atoms with Crippen LogP contribution in [0.3, 0.4) is 0 Å². The summed E-state index contributed by atoms with van der Waals surface area (Å²) in [6, 6.07) is 12.1. The van der Waals surface area contributed by atoms with Gasteiger partial charge in [-0.1, -0.05) is 36.4 Å². The van der Waals surface area contributed by atoms with Gasteiger partial charge in [-0.2, -0.15) is 0 Å². The Morgan fingerprint density at radius 2 is 1.67 bits per heavy atom. The molecule has 2 aromatic rings. The lowest BCUT2D eigenvalue weighted by molar-refractivity contribution is -0.125. The second-order valence-electron chi connectivity index (χ2n) is 7.57. The number of carbonyl (C=O) groups is 2. The summed E-state index contributed by atoms with van der Waals surface area (Å²) in [7, 11) is 1.60. The monoisotopic (exact) mass is 410 g/mol. The topological polar surface area (TPSA) is 58.6 Å². The molecule has 0 aromatic heterocycles. The molecule has 158 valence electrons. The molecule has 1 N–H and O–H groups in total. The van der Waals surface area contributed by atoms with E-state index in [-0.39, 0.29) is 29.8 Å². The van der Waals surface area contributed by atoms with Crippen LogP contribution in [0.5, 0.6) is 5.75 Å². The predicted octanol–water partition coefficient (Wildman–Crippen LogP) is 4.26. The molecule has 0 saturated heterocycles. The van der Waals surface area contributed by atoms with Crippen molar-refractivity contribution in [2.45, 2.75) is 44.9 Å². The summed E-state index contributed by atoms with van der Waals surface area (Å²) in [5, 5.41) is 3.00. The van der Waals surface area contributed by atoms with Gasteiger partial charge in [0.15, 0.2) is 0 Å². The third kappa shape index (κ3) is 5.06. The van der Waals surface area contributed by atoms with Gasteiger partial charge >= 0.3 is 0 Å². The first-order valence-electron chi connectivity index (χ1n) is 10.1. The Morgan fingerprint density at radius 1 is 1.00 bits per heavy atom. The molecule has 1 aliphatic heterocycles. The highest BCUT2D eigenvalue weighted by atomic mass is 19.1. The minimum Gasteiger partial charge on any atom is -0.490 e. The number of amides is 2. The first-order chi connectivity index (χ1) is 14.4. The number of likely N-dealkylation sites (N-methyl/N-ethyl adjacent to an activating group) is 1. The number of ether oxygens (including phenoxy) is 1. The number of hydrogen-bond acceptors (Lipinski definition) is 3. The molecular weight excluding hydrogens is 383 g/mol. The molecule has 0 radical (unpaired) electrons. The first-order valence-corrected chi connectivity index (χ1v) is 10.1. The fourth-order valence-corrected chi connectivity index (χ4v) is 3.34. The zero-order chi connectivity index (χ0) is 21.7. The van der Waals surface area contributed by atoms with Crippen LogP contribution in [0, 0.1) is 5.82 Å². The lowest BCUT2D eigenvalue weighted by Crippen LogP contribution is -2.47. The summed E-state index contributed by atoms with van der Waals surface area (Å²) in [4.78, 5) is 27.4. The molecule has 5 nitrogen and oxygen atoms in total. The Morgan fingerprint density at radius 3 is 2.40 bits per heavy atom. The number of benzene rings is 2. The maximum atomic E-state index is 13.3. The maximum Gasteiger partial charge on any atom is 0.258 e. The molecule has 2 amide bonds. The second-order valence-corrected chi connectivity index (χ2v) is 7.57. The molecule has 0 aliphatic carbocycles. The zero-order valence-corrected chi connectivity index (χ0v) is 17.5. The molecule has 0 spiro atoms. The van der Waals surface area contributed by atoms with Crippen molar-refractivity contribution >= 4 is 11.8 Å². The Balaban J connectivity index is 1.92. The van der Waals surface area contributed by atoms with E-state index in [9.17, 15) is 14.0 Å². The number of halogens is 1. The average Bonchev–Trinajstić information content (AvgIpc) is 2.74. The highest BCUT2D eigenvalue weighted by molar-refractivity contribution is 5.99. The fraction of sp³-hybridized carbons (Fsp3) is 0.333. The lowest BCUT2D eigenvalue weighted by atomic mass is 10.0. The van der Waals surface area contributed by atoms with E-state index in [1.165, 1.54) is 17.0 Å². The van der Waals surface area contributed by atoms with Gasteiger partial charge in [0.1, 0.15) is 17.6 Å². The molecule has 30 heavy (non-hydrogen) atoms. The van der Waals surface area contributed by atoms with E-state index in [0.29, 0.717) is 24.2 Å². The van der Waals surface area contributed by atoms with Crippen molar-refractivity contribution in [2.24, 2.45) is 0 Å². The van der Waals surface area contributed by atoms with Gasteiger partial charge < -0.3 is 15.0 Å². The molecular formula is C24H27FN2O3. The summed E-state index contributed by atoms with van der Waals surface area (Å²) < 4.78 is 19.3. The van der Waals surface area contributed by atoms with Crippen molar-refractivity contribution in [1.29, 1.82) is 0 Å². The number of hydrogen-bond donors (Lipinski definition) is 1. The summed E-state index contributed by atoms with van der Waals surface area (Å²) >= 11 is 0. The third-order valence-corrected chi connectivity index (χ3v) is 5.32. The smallest absolute Gasteiger partial charge is 0.258 e. The standard InChI is InChI=1S/C24H27FN2O3/c1-16-8-4-6-10-21(18-12-14-19(25)15-13-18)26-23(28)17(2)27(3)24(29)20-9-5-7-11-22(20)30-16/h4-7,9,11-17,21H,8,10H2,1-3H3,(H,26,28)/b6-4+/t16-,17-,21-/m0/s1. The maximum absolute atomic E-state index is 13.3. The van der Waals surface area contributed by atoms with E-state index in [2.05, 4.69) is 5.32 Å². The average molecular weight is 410 g/mol. The van der Waals surface area contributed by atoms with Crippen LogP contribution < -0.4 is 10.1 Å². The van der Waals surface area contributed by atoms with Crippen LogP contribution in [0.1, 0.15) is 48.7 Å². The van der Waals surface area contributed by atoms with Crippen LogP contribution in [0.25, 0.3) is 0 Å². The van der Waals surface area contributed by atoms with Gasteiger partial charge in [-0.3, -0.25) is 9.59 Å². The molecule has 6 heteroatoms. The van der Waals surface area contributed by atoms with Crippen molar-refractivity contribution in [2.75, 3.05) is 7.05 Å². The van der Waals surface area contributed by atoms with E-state index >= 15 is 0 Å². The Kier molecular flexibility index (Phi) is 6.87. The fourth-order valence-electron chi connectivity index (χ4n) is 3.34. The number of para-hydroxylation sites is 1. The Bertz CT molecular complexity index is 926. The van der Waals surface area contributed by atoms with E-state index in [4.69, 9.17) is 4.74 Å². The molecule has 1 aliphatic rings. The number of carbonyl (C=O) groups excluding carboxylic acids is 2. The van der Waals surface area contributed by atoms with Crippen LogP contribution in [0.2, 0.25) is 0 Å². The number of rotatable bonds is 1. The minimum atomic E-state index is -0.696. The van der Waals surface area contributed by atoms with Gasteiger partial charge in [-0.15, -0.1) is 0 Å². The summed E-state index contributed by atoms with van der Waals surface area (Å²) in [6.45, 7) is 3.63. The molecule has 0 fully saturated rings. The van der Waals surface area contributed by atoms with Crippen LogP contribution in [-0.2, 0) is 4.79 Å². The molecule has 2 aromatic carbocycles. The van der Waals surface area contributed by atoms with Crippen molar-refractivity contribution in [3.8, 4) is 5.75 Å². The molecule has 1 heterocycles.